The molecule has 0 aromatic rings. The molecule has 0 heterocycles. The van der Waals surface area contributed by atoms with Crippen LogP contribution in [0.1, 0.15) is 0 Å². The monoisotopic (exact) mass is 302 g/mol. The minimum absolute atomic E-state index is 0.0104. The SMILES string of the molecule is CNCCN(CC(=O)NNB(C)O)CC(=O)NNB(C)O. The molecule has 0 rings (SSSR count). The van der Waals surface area contributed by atoms with Gasteiger partial charge in [-0.05, 0) is 20.7 Å². The quantitative estimate of drug-likeness (QED) is 0.151. The number of nitrogens with one attached hydrogen (secondary N) is 5. The molecule has 0 aromatic heterocycles. The molecule has 0 bridgehead atoms. The van der Waals surface area contributed by atoms with Crippen LogP contribution in [0.4, 0.5) is 0 Å². The van der Waals surface area contributed by atoms with E-state index in [0.717, 1.165) is 0 Å². The van der Waals surface area contributed by atoms with Crippen LogP contribution in [0.3, 0.4) is 0 Å². The molecule has 0 aliphatic carbocycles. The number of carbonyl (C=O) groups is 2. The first-order chi connectivity index (χ1) is 9.85. The van der Waals surface area contributed by atoms with E-state index in [1.54, 1.807) is 11.9 Å². The highest BCUT2D eigenvalue weighted by molar-refractivity contribution is 6.45. The molecule has 0 saturated carbocycles. The lowest BCUT2D eigenvalue weighted by atomic mass is 9.91. The zero-order valence-corrected chi connectivity index (χ0v) is 12.6. The summed E-state index contributed by atoms with van der Waals surface area (Å²) in [4.78, 5) is 24.9. The fourth-order valence-corrected chi connectivity index (χ4v) is 1.34. The van der Waals surface area contributed by atoms with E-state index in [2.05, 4.69) is 26.8 Å². The van der Waals surface area contributed by atoms with Crippen LogP contribution in [0, 0.1) is 0 Å². The fraction of sp³-hybridized carbons (Fsp3) is 0.778. The van der Waals surface area contributed by atoms with Crippen molar-refractivity contribution in [3.8, 4) is 0 Å². The second kappa shape index (κ2) is 11.5. The number of rotatable bonds is 11. The molecule has 12 heteroatoms. The Labute approximate surface area is 125 Å². The zero-order chi connectivity index (χ0) is 16.3. The zero-order valence-electron chi connectivity index (χ0n) is 12.6. The molecule has 0 saturated heterocycles. The number of hydrogen-bond donors (Lipinski definition) is 7. The van der Waals surface area contributed by atoms with E-state index >= 15 is 0 Å². The molecule has 0 radical (unpaired) electrons. The topological polar surface area (TPSA) is 138 Å². The maximum atomic E-state index is 11.6. The molecule has 0 aliphatic rings. The van der Waals surface area contributed by atoms with E-state index < -0.39 is 14.1 Å². The van der Waals surface area contributed by atoms with Gasteiger partial charge in [-0.2, -0.15) is 0 Å². The van der Waals surface area contributed by atoms with Gasteiger partial charge in [0.05, 0.1) is 13.1 Å². The second-order valence-corrected chi connectivity index (χ2v) is 4.55. The summed E-state index contributed by atoms with van der Waals surface area (Å²) < 4.78 is 0. The van der Waals surface area contributed by atoms with Crippen LogP contribution in [0.15, 0.2) is 0 Å². The first-order valence-corrected chi connectivity index (χ1v) is 6.67. The standard InChI is InChI=1S/C9H24B2N6O4/c1-10(20)15-13-8(18)6-17(5-4-12-3)7-9(19)14-16-11(2)21/h12,15-16,20-21H,4-7H2,1-3H3,(H,13,18)(H,14,19). The summed E-state index contributed by atoms with van der Waals surface area (Å²) in [6.45, 7) is 4.00. The average Bonchev–Trinajstić information content (AvgIpc) is 2.40. The van der Waals surface area contributed by atoms with Gasteiger partial charge in [-0.1, -0.05) is 0 Å². The molecule has 120 valence electrons. The van der Waals surface area contributed by atoms with E-state index in [1.165, 1.54) is 13.6 Å². The Balaban J connectivity index is 4.23. The van der Waals surface area contributed by atoms with Crippen LogP contribution >= 0.6 is 0 Å². The van der Waals surface area contributed by atoms with Crippen molar-refractivity contribution >= 4 is 25.9 Å². The Kier molecular flexibility index (Phi) is 10.8. The van der Waals surface area contributed by atoms with Gasteiger partial charge in [0.15, 0.2) is 0 Å². The molecule has 0 aromatic carbocycles. The number of hydrazine groups is 2. The molecule has 2 amide bonds. The summed E-state index contributed by atoms with van der Waals surface area (Å²) in [6, 6.07) is 0. The minimum Gasteiger partial charge on any atom is -0.436 e. The van der Waals surface area contributed by atoms with Gasteiger partial charge in [0.25, 0.3) is 0 Å². The maximum absolute atomic E-state index is 11.6. The summed E-state index contributed by atoms with van der Waals surface area (Å²) in [6.07, 6.45) is 0. The first kappa shape index (κ1) is 19.8. The van der Waals surface area contributed by atoms with Gasteiger partial charge in [-0.3, -0.25) is 25.3 Å². The van der Waals surface area contributed by atoms with Crippen molar-refractivity contribution < 1.29 is 19.6 Å². The highest BCUT2D eigenvalue weighted by Crippen LogP contribution is 1.87. The van der Waals surface area contributed by atoms with Gasteiger partial charge in [0.1, 0.15) is 0 Å². The van der Waals surface area contributed by atoms with Crippen molar-refractivity contribution in [1.29, 1.82) is 0 Å². The Morgan fingerprint density at radius 1 is 1.00 bits per heavy atom. The third-order valence-corrected chi connectivity index (χ3v) is 2.25. The third-order valence-electron chi connectivity index (χ3n) is 2.25. The first-order valence-electron chi connectivity index (χ1n) is 6.67. The van der Waals surface area contributed by atoms with Gasteiger partial charge >= 0.3 is 14.1 Å². The summed E-state index contributed by atoms with van der Waals surface area (Å²) in [5.74, 6) is -0.744. The predicted molar refractivity (Wildman–Crippen MR) is 80.6 cm³/mol. The van der Waals surface area contributed by atoms with Crippen LogP contribution in [0.25, 0.3) is 0 Å². The Morgan fingerprint density at radius 3 is 1.76 bits per heavy atom. The molecule has 0 aliphatic heterocycles. The lowest BCUT2D eigenvalue weighted by Crippen LogP contribution is -2.53. The van der Waals surface area contributed by atoms with E-state index in [1.807, 2.05) is 0 Å². The van der Waals surface area contributed by atoms with Crippen LogP contribution in [0.5, 0.6) is 0 Å². The van der Waals surface area contributed by atoms with Gasteiger partial charge in [-0.25, -0.2) is 10.7 Å². The van der Waals surface area contributed by atoms with Gasteiger partial charge < -0.3 is 15.4 Å². The molecule has 21 heavy (non-hydrogen) atoms. The lowest BCUT2D eigenvalue weighted by Gasteiger charge is -2.21. The maximum Gasteiger partial charge on any atom is 0.392 e. The summed E-state index contributed by atoms with van der Waals surface area (Å²) in [5.41, 5.74) is 4.65. The number of likely N-dealkylation sites (N-methyl/N-ethyl adjacent to an activating group) is 1. The van der Waals surface area contributed by atoms with Crippen molar-refractivity contribution in [3.05, 3.63) is 0 Å². The van der Waals surface area contributed by atoms with Crippen LogP contribution < -0.4 is 26.8 Å². The average molecular weight is 302 g/mol. The van der Waals surface area contributed by atoms with Gasteiger partial charge in [0.2, 0.25) is 11.8 Å². The largest absolute Gasteiger partial charge is 0.436 e. The van der Waals surface area contributed by atoms with E-state index in [-0.39, 0.29) is 24.9 Å². The second-order valence-electron chi connectivity index (χ2n) is 4.55. The molecule has 0 unspecified atom stereocenters. The van der Waals surface area contributed by atoms with Crippen LogP contribution in [0.2, 0.25) is 13.6 Å². The smallest absolute Gasteiger partial charge is 0.392 e. The van der Waals surface area contributed by atoms with Crippen molar-refractivity contribution in [1.82, 2.24) is 31.7 Å². The number of carbonyl (C=O) groups excluding carboxylic acids is 2. The van der Waals surface area contributed by atoms with Gasteiger partial charge in [-0.15, -0.1) is 0 Å². The van der Waals surface area contributed by atoms with E-state index in [0.29, 0.717) is 13.1 Å². The molecular formula is C9H24B2N6O4. The molecule has 10 nitrogen and oxygen atoms in total. The number of hydrogen-bond acceptors (Lipinski definition) is 8. The van der Waals surface area contributed by atoms with Crippen molar-refractivity contribution in [2.24, 2.45) is 0 Å². The molecule has 0 spiro atoms. The van der Waals surface area contributed by atoms with Crippen molar-refractivity contribution in [3.63, 3.8) is 0 Å². The van der Waals surface area contributed by atoms with E-state index in [4.69, 9.17) is 10.0 Å². The summed E-state index contributed by atoms with van der Waals surface area (Å²) in [7, 11) is 0.0407. The lowest BCUT2D eigenvalue weighted by molar-refractivity contribution is -0.125. The van der Waals surface area contributed by atoms with Crippen molar-refractivity contribution in [2.75, 3.05) is 33.2 Å². The number of nitrogens with zero attached hydrogens (tertiary/aromatic N) is 1. The summed E-state index contributed by atoms with van der Waals surface area (Å²) in [5, 5.41) is 25.7. The molecule has 0 fully saturated rings. The van der Waals surface area contributed by atoms with E-state index in [9.17, 15) is 9.59 Å². The third kappa shape index (κ3) is 12.3. The van der Waals surface area contributed by atoms with Gasteiger partial charge in [0, 0.05) is 13.1 Å². The van der Waals surface area contributed by atoms with Crippen LogP contribution in [-0.4, -0.2) is 74.1 Å². The fourth-order valence-electron chi connectivity index (χ4n) is 1.34. The normalized spacial score (nSPS) is 10.4. The summed E-state index contributed by atoms with van der Waals surface area (Å²) >= 11 is 0. The molecule has 0 atom stereocenters. The minimum atomic E-state index is -0.863. The predicted octanol–water partition coefficient (Wildman–Crippen LogP) is -4.03. The Morgan fingerprint density at radius 2 is 1.43 bits per heavy atom. The molecule has 7 N–H and O–H groups in total. The highest BCUT2D eigenvalue weighted by atomic mass is 16.2. The Hall–Kier alpha value is -1.17. The highest BCUT2D eigenvalue weighted by Gasteiger charge is 2.15. The number of amides is 2. The van der Waals surface area contributed by atoms with Crippen molar-refractivity contribution in [2.45, 2.75) is 13.6 Å². The van der Waals surface area contributed by atoms with Crippen LogP contribution in [-0.2, 0) is 9.59 Å². The Bertz CT molecular complexity index is 295. The molecular weight excluding hydrogens is 278 g/mol.